The maximum absolute atomic E-state index is 12.3. The lowest BCUT2D eigenvalue weighted by Gasteiger charge is -2.39. The molecule has 0 aliphatic carbocycles. The SMILES string of the molecule is O=C(O)CC[C@H](C(=O)O)N1CCN([C@H](CCC(=O)O)C(=O)O)CCN([C@H](CCC(=O)O)C(=O)O)CCN([C@H](CCC(=O)O)C(=O)O)CC1. The lowest BCUT2D eigenvalue weighted by atomic mass is 10.1. The Kier molecular flexibility index (Phi) is 18.0. The van der Waals surface area contributed by atoms with Crippen molar-refractivity contribution in [2.75, 3.05) is 52.4 Å². The van der Waals surface area contributed by atoms with Crippen LogP contribution < -0.4 is 0 Å². The average Bonchev–Trinajstić information content (AvgIpc) is 2.95. The van der Waals surface area contributed by atoms with Crippen LogP contribution in [0.1, 0.15) is 51.4 Å². The lowest BCUT2D eigenvalue weighted by Crippen LogP contribution is -2.56. The Hall–Kier alpha value is -4.40. The standard InChI is InChI=1S/C28H44N4O16/c33-21(34)5-1-17(25(41)42)29-9-11-30(18(26(43)44)2-6-22(35)36)13-15-32(20(28(47)48)4-8-24(39)40)16-14-31(12-10-29)19(27(45)46)3-7-23(37)38/h17-20H,1-16H2,(H,33,34)(H,35,36)(H,37,38)(H,39,40)(H,41,42)(H,43,44)(H,45,46)(H,47,48)/t17-,18-,19-,20-/m1/s1. The first-order chi connectivity index (χ1) is 22.4. The van der Waals surface area contributed by atoms with Crippen molar-refractivity contribution in [1.29, 1.82) is 0 Å². The molecule has 0 aromatic rings. The lowest BCUT2D eigenvalue weighted by molar-refractivity contribution is -0.149. The van der Waals surface area contributed by atoms with Gasteiger partial charge in [0, 0.05) is 78.0 Å². The average molecular weight is 693 g/mol. The van der Waals surface area contributed by atoms with E-state index in [1.54, 1.807) is 0 Å². The van der Waals surface area contributed by atoms with Crippen LogP contribution in [0.25, 0.3) is 0 Å². The highest BCUT2D eigenvalue weighted by Crippen LogP contribution is 2.17. The van der Waals surface area contributed by atoms with Crippen molar-refractivity contribution >= 4 is 47.8 Å². The second-order valence-corrected chi connectivity index (χ2v) is 11.3. The summed E-state index contributed by atoms with van der Waals surface area (Å²) in [6.07, 6.45) is -3.66. The Morgan fingerprint density at radius 3 is 0.583 bits per heavy atom. The molecule has 1 fully saturated rings. The molecule has 0 spiro atoms. The molecule has 0 saturated carbocycles. The predicted octanol–water partition coefficient (Wildman–Crippen LogP) is -1.52. The summed E-state index contributed by atoms with van der Waals surface area (Å²) in [7, 11) is 0. The fraction of sp³-hybridized carbons (Fsp3) is 0.714. The molecule has 0 bridgehead atoms. The monoisotopic (exact) mass is 692 g/mol. The summed E-state index contributed by atoms with van der Waals surface area (Å²) in [5, 5.41) is 76.8. The third kappa shape index (κ3) is 15.0. The Morgan fingerprint density at radius 1 is 0.333 bits per heavy atom. The summed E-state index contributed by atoms with van der Waals surface area (Å²) >= 11 is 0. The smallest absolute Gasteiger partial charge is 0.320 e. The minimum atomic E-state index is -1.42. The van der Waals surface area contributed by atoms with Crippen LogP contribution in [-0.2, 0) is 38.4 Å². The molecule has 0 aromatic carbocycles. The van der Waals surface area contributed by atoms with Gasteiger partial charge in [0.1, 0.15) is 24.2 Å². The van der Waals surface area contributed by atoms with E-state index < -0.39 is 97.6 Å². The predicted molar refractivity (Wildman–Crippen MR) is 159 cm³/mol. The van der Waals surface area contributed by atoms with Gasteiger partial charge >= 0.3 is 47.8 Å². The zero-order chi connectivity index (χ0) is 36.6. The summed E-state index contributed by atoms with van der Waals surface area (Å²) in [5.41, 5.74) is 0. The Labute approximate surface area is 274 Å². The van der Waals surface area contributed by atoms with Gasteiger partial charge in [-0.3, -0.25) is 58.0 Å². The van der Waals surface area contributed by atoms with Gasteiger partial charge in [0.15, 0.2) is 0 Å². The molecule has 48 heavy (non-hydrogen) atoms. The highest BCUT2D eigenvalue weighted by molar-refractivity contribution is 5.77. The molecule has 0 radical (unpaired) electrons. The summed E-state index contributed by atoms with van der Waals surface area (Å²) < 4.78 is 0. The van der Waals surface area contributed by atoms with Crippen molar-refractivity contribution in [3.05, 3.63) is 0 Å². The van der Waals surface area contributed by atoms with E-state index in [1.807, 2.05) is 0 Å². The third-order valence-electron chi connectivity index (χ3n) is 8.13. The largest absolute Gasteiger partial charge is 0.481 e. The molecule has 20 heteroatoms. The molecule has 8 N–H and O–H groups in total. The topological polar surface area (TPSA) is 311 Å². The van der Waals surface area contributed by atoms with Crippen LogP contribution in [0, 0.1) is 0 Å². The second-order valence-electron chi connectivity index (χ2n) is 11.3. The molecule has 20 nitrogen and oxygen atoms in total. The van der Waals surface area contributed by atoms with E-state index in [0.717, 1.165) is 0 Å². The van der Waals surface area contributed by atoms with Crippen LogP contribution in [0.15, 0.2) is 0 Å². The normalized spacial score (nSPS) is 18.7. The highest BCUT2D eigenvalue weighted by Gasteiger charge is 2.35. The van der Waals surface area contributed by atoms with Crippen LogP contribution in [-0.4, -0.2) is 185 Å². The Balaban J connectivity index is 3.70. The molecular weight excluding hydrogens is 648 g/mol. The van der Waals surface area contributed by atoms with Gasteiger partial charge in [-0.15, -0.1) is 0 Å². The number of carboxylic acid groups (broad SMARTS) is 8. The van der Waals surface area contributed by atoms with E-state index >= 15 is 0 Å². The fourth-order valence-electron chi connectivity index (χ4n) is 5.61. The van der Waals surface area contributed by atoms with Crippen molar-refractivity contribution < 1.29 is 79.2 Å². The zero-order valence-electron chi connectivity index (χ0n) is 26.3. The van der Waals surface area contributed by atoms with Crippen LogP contribution in [0.4, 0.5) is 0 Å². The van der Waals surface area contributed by atoms with Crippen molar-refractivity contribution in [2.24, 2.45) is 0 Å². The molecule has 1 rings (SSSR count). The summed E-state index contributed by atoms with van der Waals surface area (Å²) in [6.45, 7) is -1.70. The number of hydrogen-bond acceptors (Lipinski definition) is 12. The van der Waals surface area contributed by atoms with Gasteiger partial charge in [0.05, 0.1) is 0 Å². The maximum Gasteiger partial charge on any atom is 0.320 e. The van der Waals surface area contributed by atoms with Gasteiger partial charge in [0.2, 0.25) is 0 Å². The van der Waals surface area contributed by atoms with Gasteiger partial charge in [0.25, 0.3) is 0 Å². The quantitative estimate of drug-likeness (QED) is 0.0718. The van der Waals surface area contributed by atoms with E-state index in [9.17, 15) is 79.2 Å². The number of carboxylic acids is 8. The fourth-order valence-corrected chi connectivity index (χ4v) is 5.61. The van der Waals surface area contributed by atoms with Crippen molar-refractivity contribution in [1.82, 2.24) is 19.6 Å². The summed E-state index contributed by atoms with van der Waals surface area (Å²) in [5.74, 6) is -10.8. The van der Waals surface area contributed by atoms with Gasteiger partial charge < -0.3 is 40.9 Å². The zero-order valence-corrected chi connectivity index (χ0v) is 26.3. The van der Waals surface area contributed by atoms with E-state index in [4.69, 9.17) is 0 Å². The summed E-state index contributed by atoms with van der Waals surface area (Å²) in [4.78, 5) is 99.7. The van der Waals surface area contributed by atoms with Crippen molar-refractivity contribution in [3.63, 3.8) is 0 Å². The number of carbonyl (C=O) groups is 8. The van der Waals surface area contributed by atoms with E-state index in [1.165, 1.54) is 19.6 Å². The number of aliphatic carboxylic acids is 8. The molecule has 0 unspecified atom stereocenters. The third-order valence-corrected chi connectivity index (χ3v) is 8.13. The molecule has 1 aliphatic heterocycles. The van der Waals surface area contributed by atoms with Gasteiger partial charge in [-0.05, 0) is 25.7 Å². The molecular formula is C28H44N4O16. The van der Waals surface area contributed by atoms with Crippen LogP contribution in [0.2, 0.25) is 0 Å². The van der Waals surface area contributed by atoms with E-state index in [0.29, 0.717) is 0 Å². The molecule has 0 amide bonds. The molecule has 1 aliphatic rings. The Morgan fingerprint density at radius 2 is 0.479 bits per heavy atom. The molecule has 0 aromatic heterocycles. The molecule has 1 heterocycles. The molecule has 1 saturated heterocycles. The number of nitrogens with zero attached hydrogens (tertiary/aromatic N) is 4. The summed E-state index contributed by atoms with van der Waals surface area (Å²) in [6, 6.07) is -5.66. The van der Waals surface area contributed by atoms with Crippen LogP contribution in [0.5, 0.6) is 0 Å². The number of hydrogen-bond donors (Lipinski definition) is 8. The van der Waals surface area contributed by atoms with E-state index in [-0.39, 0.29) is 78.0 Å². The van der Waals surface area contributed by atoms with Crippen molar-refractivity contribution in [3.8, 4) is 0 Å². The van der Waals surface area contributed by atoms with E-state index in [2.05, 4.69) is 0 Å². The minimum Gasteiger partial charge on any atom is -0.481 e. The van der Waals surface area contributed by atoms with Crippen molar-refractivity contribution in [2.45, 2.75) is 75.5 Å². The molecule has 272 valence electrons. The van der Waals surface area contributed by atoms with Gasteiger partial charge in [-0.1, -0.05) is 0 Å². The first-order valence-corrected chi connectivity index (χ1v) is 15.2. The molecule has 4 atom stereocenters. The Bertz CT molecular complexity index is 974. The maximum atomic E-state index is 12.3. The second kappa shape index (κ2) is 20.8. The first-order valence-electron chi connectivity index (χ1n) is 15.2. The van der Waals surface area contributed by atoms with Gasteiger partial charge in [-0.25, -0.2) is 0 Å². The highest BCUT2D eigenvalue weighted by atomic mass is 16.4. The van der Waals surface area contributed by atoms with Crippen LogP contribution >= 0.6 is 0 Å². The minimum absolute atomic E-state index is 0.213. The number of rotatable bonds is 20. The van der Waals surface area contributed by atoms with Crippen LogP contribution in [0.3, 0.4) is 0 Å². The first kappa shape index (κ1) is 41.6. The van der Waals surface area contributed by atoms with Gasteiger partial charge in [-0.2, -0.15) is 0 Å².